The molecular weight excluding hydrogens is 459 g/mol. The summed E-state index contributed by atoms with van der Waals surface area (Å²) in [5.74, 6) is -2.42. The molecule has 0 saturated carbocycles. The van der Waals surface area contributed by atoms with Crippen molar-refractivity contribution >= 4 is 44.7 Å². The van der Waals surface area contributed by atoms with Crippen molar-refractivity contribution in [1.29, 1.82) is 0 Å². The van der Waals surface area contributed by atoms with Gasteiger partial charge in [0.1, 0.15) is 12.2 Å². The summed E-state index contributed by atoms with van der Waals surface area (Å²) in [7, 11) is 0. The fourth-order valence-corrected chi connectivity index (χ4v) is 4.49. The van der Waals surface area contributed by atoms with Crippen LogP contribution in [0.15, 0.2) is 48.7 Å². The Labute approximate surface area is 187 Å². The van der Waals surface area contributed by atoms with Gasteiger partial charge < -0.3 is 0 Å². The van der Waals surface area contributed by atoms with Crippen LogP contribution in [0.1, 0.15) is 31.4 Å². The zero-order chi connectivity index (χ0) is 23.3. The van der Waals surface area contributed by atoms with Crippen LogP contribution in [0.4, 0.5) is 18.9 Å². The molecule has 1 amide bonds. The van der Waals surface area contributed by atoms with Crippen LogP contribution in [0.25, 0.3) is 10.2 Å². The lowest BCUT2D eigenvalue weighted by molar-refractivity contribution is -0.137. The summed E-state index contributed by atoms with van der Waals surface area (Å²) in [5.41, 5.74) is -1.08. The summed E-state index contributed by atoms with van der Waals surface area (Å²) in [4.78, 5) is 42.2. The van der Waals surface area contributed by atoms with Crippen LogP contribution in [-0.2, 0) is 24.1 Å². The SMILES string of the molecule is O=C(Cn1cc(CN2C(=O)C(=O)c3cccc(C(F)(F)F)c32)nn1)c1nc2ccccc2s1. The third-order valence-electron chi connectivity index (χ3n) is 5.04. The molecule has 2 aromatic carbocycles. The average molecular weight is 471 g/mol. The van der Waals surface area contributed by atoms with Crippen molar-refractivity contribution in [3.63, 3.8) is 0 Å². The highest BCUT2D eigenvalue weighted by Gasteiger charge is 2.44. The molecule has 2 aromatic heterocycles. The van der Waals surface area contributed by atoms with E-state index >= 15 is 0 Å². The molecule has 0 atom stereocenters. The van der Waals surface area contributed by atoms with Gasteiger partial charge in [-0.25, -0.2) is 9.67 Å². The van der Waals surface area contributed by atoms with E-state index in [0.717, 1.165) is 21.7 Å². The Kier molecular flexibility index (Phi) is 4.81. The fraction of sp³-hybridized carbons (Fsp3) is 0.143. The molecule has 1 aliphatic heterocycles. The van der Waals surface area contributed by atoms with Gasteiger partial charge in [0.05, 0.1) is 39.8 Å². The van der Waals surface area contributed by atoms with E-state index in [1.54, 1.807) is 6.07 Å². The predicted molar refractivity (Wildman–Crippen MR) is 111 cm³/mol. The molecule has 0 saturated heterocycles. The van der Waals surface area contributed by atoms with Crippen molar-refractivity contribution in [2.75, 3.05) is 4.90 Å². The van der Waals surface area contributed by atoms with Crippen molar-refractivity contribution in [3.05, 3.63) is 70.5 Å². The number of Topliss-reactive ketones (excluding diaryl/α,β-unsaturated/α-hetero) is 2. The van der Waals surface area contributed by atoms with Crippen LogP contribution < -0.4 is 4.90 Å². The number of thiazole rings is 1. The van der Waals surface area contributed by atoms with E-state index in [1.807, 2.05) is 18.2 Å². The van der Waals surface area contributed by atoms with Gasteiger partial charge in [-0.1, -0.05) is 23.4 Å². The number of alkyl halides is 3. The Morgan fingerprint density at radius 1 is 1.06 bits per heavy atom. The molecular formula is C21H12F3N5O3S. The number of carbonyl (C=O) groups is 3. The van der Waals surface area contributed by atoms with Crippen LogP contribution in [-0.4, -0.2) is 37.5 Å². The van der Waals surface area contributed by atoms with Crippen LogP contribution in [0.2, 0.25) is 0 Å². The molecule has 3 heterocycles. The Hall–Kier alpha value is -3.93. The first-order valence-corrected chi connectivity index (χ1v) is 10.4. The topological polar surface area (TPSA) is 98.1 Å². The molecule has 166 valence electrons. The zero-order valence-electron chi connectivity index (χ0n) is 16.5. The second-order valence-corrected chi connectivity index (χ2v) is 8.27. The Morgan fingerprint density at radius 3 is 2.61 bits per heavy atom. The average Bonchev–Trinajstić information content (AvgIpc) is 3.47. The number of hydrogen-bond donors (Lipinski definition) is 0. The van der Waals surface area contributed by atoms with Crippen LogP contribution >= 0.6 is 11.3 Å². The number of benzene rings is 2. The smallest absolute Gasteiger partial charge is 0.298 e. The second-order valence-electron chi connectivity index (χ2n) is 7.24. The number of amides is 1. The zero-order valence-corrected chi connectivity index (χ0v) is 17.4. The Bertz CT molecular complexity index is 1410. The molecule has 4 aromatic rings. The number of para-hydroxylation sites is 2. The highest BCUT2D eigenvalue weighted by Crippen LogP contribution is 2.42. The normalized spacial score (nSPS) is 13.7. The maximum absolute atomic E-state index is 13.5. The van der Waals surface area contributed by atoms with Gasteiger partial charge in [0.25, 0.3) is 11.7 Å². The molecule has 0 fully saturated rings. The molecule has 0 spiro atoms. The molecule has 0 bridgehead atoms. The molecule has 0 unspecified atom stereocenters. The number of ketones is 2. The van der Waals surface area contributed by atoms with Crippen LogP contribution in [0, 0.1) is 0 Å². The third-order valence-corrected chi connectivity index (χ3v) is 6.12. The van der Waals surface area contributed by atoms with E-state index in [1.165, 1.54) is 28.3 Å². The third kappa shape index (κ3) is 3.67. The van der Waals surface area contributed by atoms with Crippen molar-refractivity contribution in [2.24, 2.45) is 0 Å². The van der Waals surface area contributed by atoms with E-state index in [2.05, 4.69) is 15.3 Å². The maximum atomic E-state index is 13.5. The number of fused-ring (bicyclic) bond motifs is 2. The van der Waals surface area contributed by atoms with Crippen molar-refractivity contribution < 1.29 is 27.6 Å². The monoisotopic (exact) mass is 471 g/mol. The van der Waals surface area contributed by atoms with Gasteiger partial charge >= 0.3 is 6.18 Å². The minimum absolute atomic E-state index is 0.123. The highest BCUT2D eigenvalue weighted by atomic mass is 32.1. The minimum Gasteiger partial charge on any atom is -0.298 e. The van der Waals surface area contributed by atoms with Crippen molar-refractivity contribution in [2.45, 2.75) is 19.3 Å². The molecule has 5 rings (SSSR count). The van der Waals surface area contributed by atoms with E-state index < -0.39 is 35.7 Å². The van der Waals surface area contributed by atoms with E-state index in [4.69, 9.17) is 0 Å². The first-order valence-electron chi connectivity index (χ1n) is 9.56. The van der Waals surface area contributed by atoms with Gasteiger partial charge in [0.15, 0.2) is 5.01 Å². The first kappa shape index (κ1) is 20.9. The molecule has 0 aliphatic carbocycles. The minimum atomic E-state index is -4.75. The van der Waals surface area contributed by atoms with Crippen molar-refractivity contribution in [1.82, 2.24) is 20.0 Å². The van der Waals surface area contributed by atoms with Gasteiger partial charge in [0.2, 0.25) is 5.78 Å². The second kappa shape index (κ2) is 7.59. The lowest BCUT2D eigenvalue weighted by atomic mass is 10.1. The summed E-state index contributed by atoms with van der Waals surface area (Å²) < 4.78 is 42.5. The number of nitrogens with zero attached hydrogens (tertiary/aromatic N) is 5. The van der Waals surface area contributed by atoms with Crippen molar-refractivity contribution in [3.8, 4) is 0 Å². The number of anilines is 1. The summed E-state index contributed by atoms with van der Waals surface area (Å²) in [5, 5.41) is 7.97. The summed E-state index contributed by atoms with van der Waals surface area (Å²) in [6.45, 7) is -0.593. The lowest BCUT2D eigenvalue weighted by Gasteiger charge is -2.19. The van der Waals surface area contributed by atoms with E-state index in [9.17, 15) is 27.6 Å². The van der Waals surface area contributed by atoms with Gasteiger partial charge in [0, 0.05) is 0 Å². The summed E-state index contributed by atoms with van der Waals surface area (Å²) in [6, 6.07) is 10.4. The predicted octanol–water partition coefficient (Wildman–Crippen LogP) is 3.52. The van der Waals surface area contributed by atoms with E-state index in [-0.39, 0.29) is 28.6 Å². The standard InChI is InChI=1S/C21H12F3N5O3S/c22-21(23,24)13-5-3-4-12-17(13)29(20(32)18(12)31)9-11-8-28(27-26-11)10-15(30)19-25-14-6-1-2-7-16(14)33-19/h1-8H,9-10H2. The van der Waals surface area contributed by atoms with Crippen LogP contribution in [0.5, 0.6) is 0 Å². The molecule has 33 heavy (non-hydrogen) atoms. The van der Waals surface area contributed by atoms with Gasteiger partial charge in [-0.15, -0.1) is 16.4 Å². The number of halogens is 3. The molecule has 12 heteroatoms. The highest BCUT2D eigenvalue weighted by molar-refractivity contribution is 7.20. The largest absolute Gasteiger partial charge is 0.418 e. The number of rotatable bonds is 5. The molecule has 8 nitrogen and oxygen atoms in total. The van der Waals surface area contributed by atoms with Gasteiger partial charge in [-0.05, 0) is 24.3 Å². The lowest BCUT2D eigenvalue weighted by Crippen LogP contribution is -2.30. The van der Waals surface area contributed by atoms with Crippen LogP contribution in [0.3, 0.4) is 0 Å². The summed E-state index contributed by atoms with van der Waals surface area (Å²) >= 11 is 1.24. The van der Waals surface area contributed by atoms with Gasteiger partial charge in [-0.3, -0.25) is 19.3 Å². The summed E-state index contributed by atoms with van der Waals surface area (Å²) in [6.07, 6.45) is -3.41. The first-order chi connectivity index (χ1) is 15.7. The van der Waals surface area contributed by atoms with Gasteiger partial charge in [-0.2, -0.15) is 13.2 Å². The molecule has 0 radical (unpaired) electrons. The Morgan fingerprint density at radius 2 is 1.85 bits per heavy atom. The maximum Gasteiger partial charge on any atom is 0.418 e. The molecule has 0 N–H and O–H groups in total. The Balaban J connectivity index is 1.38. The van der Waals surface area contributed by atoms with E-state index in [0.29, 0.717) is 5.52 Å². The quantitative estimate of drug-likeness (QED) is 0.326. The number of carbonyl (C=O) groups excluding carboxylic acids is 3. The molecule has 1 aliphatic rings. The number of hydrogen-bond acceptors (Lipinski definition) is 7. The fourth-order valence-electron chi connectivity index (χ4n) is 3.59. The number of aromatic nitrogens is 4.